The molecule has 0 aliphatic rings. The number of nitrogen functional groups attached to an aromatic ring is 1. The molecule has 0 radical (unpaired) electrons. The van der Waals surface area contributed by atoms with Crippen LogP contribution in [-0.2, 0) is 16.1 Å². The molecule has 0 saturated heterocycles. The third-order valence-corrected chi connectivity index (χ3v) is 1.73. The number of methoxy groups -OCH3 is 1. The first-order chi connectivity index (χ1) is 5.83. The van der Waals surface area contributed by atoms with Gasteiger partial charge < -0.3 is 15.2 Å². The summed E-state index contributed by atoms with van der Waals surface area (Å²) in [5.74, 6) is 0.633. The molecule has 2 N–H and O–H groups in total. The number of nitrogens with zero attached hydrogens (tertiary/aromatic N) is 2. The topological polar surface area (TPSA) is 70.3 Å². The molecule has 0 amide bonds. The molecule has 6 heteroatoms. The molecular formula is C6H11N3O2S. The van der Waals surface area contributed by atoms with Gasteiger partial charge in [0, 0.05) is 18.6 Å². The maximum atomic E-state index is 5.37. The summed E-state index contributed by atoms with van der Waals surface area (Å²) in [5, 5.41) is 0.473. The van der Waals surface area contributed by atoms with Crippen molar-refractivity contribution in [1.82, 2.24) is 9.36 Å². The summed E-state index contributed by atoms with van der Waals surface area (Å²) in [5.41, 5.74) is 5.37. The molecule has 5 nitrogen and oxygen atoms in total. The number of hydrogen-bond donors (Lipinski definition) is 1. The fraction of sp³-hybridized carbons (Fsp3) is 0.667. The average molecular weight is 189 g/mol. The minimum absolute atomic E-state index is 0.400. The lowest BCUT2D eigenvalue weighted by atomic mass is 10.6. The first-order valence-corrected chi connectivity index (χ1v) is 4.25. The second-order valence-corrected chi connectivity index (χ2v) is 2.88. The molecule has 0 spiro atoms. The van der Waals surface area contributed by atoms with Crippen LogP contribution in [0.4, 0.5) is 5.13 Å². The van der Waals surface area contributed by atoms with E-state index in [4.69, 9.17) is 15.2 Å². The molecule has 0 unspecified atom stereocenters. The van der Waals surface area contributed by atoms with E-state index in [1.165, 1.54) is 11.5 Å². The number of anilines is 1. The number of ether oxygens (including phenoxy) is 2. The predicted molar refractivity (Wildman–Crippen MR) is 45.9 cm³/mol. The molecule has 1 rings (SSSR count). The number of nitrogens with two attached hydrogens (primary N) is 1. The smallest absolute Gasteiger partial charge is 0.200 e. The third kappa shape index (κ3) is 3.12. The van der Waals surface area contributed by atoms with Gasteiger partial charge in [0.25, 0.3) is 0 Å². The van der Waals surface area contributed by atoms with E-state index in [1.807, 2.05) is 0 Å². The van der Waals surface area contributed by atoms with Crippen molar-refractivity contribution in [2.45, 2.75) is 6.61 Å². The highest BCUT2D eigenvalue weighted by Crippen LogP contribution is 2.05. The lowest BCUT2D eigenvalue weighted by Crippen LogP contribution is -2.02. The van der Waals surface area contributed by atoms with E-state index >= 15 is 0 Å². The van der Waals surface area contributed by atoms with E-state index in [2.05, 4.69) is 9.36 Å². The Morgan fingerprint density at radius 1 is 1.50 bits per heavy atom. The molecule has 0 aliphatic carbocycles. The van der Waals surface area contributed by atoms with Gasteiger partial charge in [0.2, 0.25) is 0 Å². The van der Waals surface area contributed by atoms with Gasteiger partial charge in [0.15, 0.2) is 11.0 Å². The normalized spacial score (nSPS) is 10.4. The van der Waals surface area contributed by atoms with Crippen molar-refractivity contribution in [3.05, 3.63) is 5.82 Å². The quantitative estimate of drug-likeness (QED) is 0.674. The molecule has 1 heterocycles. The van der Waals surface area contributed by atoms with Gasteiger partial charge in [0.1, 0.15) is 6.61 Å². The van der Waals surface area contributed by atoms with E-state index in [0.717, 1.165) is 0 Å². The first kappa shape index (κ1) is 9.37. The van der Waals surface area contributed by atoms with E-state index in [0.29, 0.717) is 30.8 Å². The molecule has 1 aromatic heterocycles. The molecule has 0 bridgehead atoms. The molecule has 1 aromatic rings. The highest BCUT2D eigenvalue weighted by atomic mass is 32.1. The predicted octanol–water partition coefficient (Wildman–Crippen LogP) is 0.283. The Labute approximate surface area is 74.7 Å². The molecule has 12 heavy (non-hydrogen) atoms. The maximum Gasteiger partial charge on any atom is 0.200 e. The second kappa shape index (κ2) is 5.02. The monoisotopic (exact) mass is 189 g/mol. The van der Waals surface area contributed by atoms with Gasteiger partial charge in [0.05, 0.1) is 13.2 Å². The summed E-state index contributed by atoms with van der Waals surface area (Å²) in [6, 6.07) is 0. The number of rotatable bonds is 5. The molecule has 0 aliphatic heterocycles. The average Bonchev–Trinajstić information content (AvgIpc) is 2.45. The summed E-state index contributed by atoms with van der Waals surface area (Å²) in [7, 11) is 1.63. The Hall–Kier alpha value is -0.720. The molecule has 68 valence electrons. The van der Waals surface area contributed by atoms with Crippen LogP contribution in [0.1, 0.15) is 5.82 Å². The van der Waals surface area contributed by atoms with Crippen LogP contribution in [0.2, 0.25) is 0 Å². The maximum absolute atomic E-state index is 5.37. The SMILES string of the molecule is COCCOCc1nsc(N)n1. The fourth-order valence-corrected chi connectivity index (χ4v) is 1.07. The molecule has 0 fully saturated rings. The van der Waals surface area contributed by atoms with Crippen molar-refractivity contribution in [2.24, 2.45) is 0 Å². The highest BCUT2D eigenvalue weighted by Gasteiger charge is 1.99. The standard InChI is InChI=1S/C6H11N3O2S/c1-10-2-3-11-4-5-8-6(7)12-9-5/h2-4H2,1H3,(H2,7,8,9). The van der Waals surface area contributed by atoms with Crippen LogP contribution >= 0.6 is 11.5 Å². The molecule has 0 saturated carbocycles. The van der Waals surface area contributed by atoms with Crippen LogP contribution in [0.3, 0.4) is 0 Å². The van der Waals surface area contributed by atoms with Gasteiger partial charge in [-0.25, -0.2) is 4.98 Å². The highest BCUT2D eigenvalue weighted by molar-refractivity contribution is 7.09. The van der Waals surface area contributed by atoms with Crippen LogP contribution in [0.5, 0.6) is 0 Å². The Morgan fingerprint density at radius 3 is 2.92 bits per heavy atom. The fourth-order valence-electron chi connectivity index (χ4n) is 0.632. The summed E-state index contributed by atoms with van der Waals surface area (Å²) in [6.07, 6.45) is 0. The van der Waals surface area contributed by atoms with Crippen molar-refractivity contribution < 1.29 is 9.47 Å². The minimum atomic E-state index is 0.400. The van der Waals surface area contributed by atoms with Crippen LogP contribution in [0.15, 0.2) is 0 Å². The van der Waals surface area contributed by atoms with Crippen molar-refractivity contribution in [1.29, 1.82) is 0 Å². The second-order valence-electron chi connectivity index (χ2n) is 2.09. The van der Waals surface area contributed by atoms with Crippen LogP contribution in [0, 0.1) is 0 Å². The van der Waals surface area contributed by atoms with Crippen LogP contribution in [0.25, 0.3) is 0 Å². The van der Waals surface area contributed by atoms with Crippen LogP contribution in [-0.4, -0.2) is 29.7 Å². The van der Waals surface area contributed by atoms with E-state index < -0.39 is 0 Å². The van der Waals surface area contributed by atoms with Gasteiger partial charge >= 0.3 is 0 Å². The Bertz CT molecular complexity index is 228. The minimum Gasteiger partial charge on any atom is -0.382 e. The van der Waals surface area contributed by atoms with E-state index in [1.54, 1.807) is 7.11 Å². The summed E-state index contributed by atoms with van der Waals surface area (Å²) < 4.78 is 13.9. The van der Waals surface area contributed by atoms with Gasteiger partial charge in [-0.15, -0.1) is 0 Å². The zero-order chi connectivity index (χ0) is 8.81. The lowest BCUT2D eigenvalue weighted by molar-refractivity contribution is 0.0591. The van der Waals surface area contributed by atoms with Gasteiger partial charge in [-0.2, -0.15) is 4.37 Å². The summed E-state index contributed by atoms with van der Waals surface area (Å²) >= 11 is 1.17. The Balaban J connectivity index is 2.15. The number of aromatic nitrogens is 2. The summed E-state index contributed by atoms with van der Waals surface area (Å²) in [4.78, 5) is 3.93. The van der Waals surface area contributed by atoms with E-state index in [9.17, 15) is 0 Å². The van der Waals surface area contributed by atoms with Gasteiger partial charge in [-0.1, -0.05) is 0 Å². The van der Waals surface area contributed by atoms with Crippen molar-refractivity contribution in [3.63, 3.8) is 0 Å². The van der Waals surface area contributed by atoms with Gasteiger partial charge in [-0.05, 0) is 0 Å². The third-order valence-electron chi connectivity index (χ3n) is 1.15. The largest absolute Gasteiger partial charge is 0.382 e. The lowest BCUT2D eigenvalue weighted by Gasteiger charge is -1.98. The summed E-state index contributed by atoms with van der Waals surface area (Å²) in [6.45, 7) is 1.53. The molecular weight excluding hydrogens is 178 g/mol. The van der Waals surface area contributed by atoms with Crippen molar-refractivity contribution in [2.75, 3.05) is 26.1 Å². The van der Waals surface area contributed by atoms with Gasteiger partial charge in [-0.3, -0.25) is 0 Å². The van der Waals surface area contributed by atoms with E-state index in [-0.39, 0.29) is 0 Å². The molecule has 0 atom stereocenters. The van der Waals surface area contributed by atoms with Crippen molar-refractivity contribution in [3.8, 4) is 0 Å². The van der Waals surface area contributed by atoms with Crippen molar-refractivity contribution >= 4 is 16.7 Å². The zero-order valence-corrected chi connectivity index (χ0v) is 7.63. The Morgan fingerprint density at radius 2 is 2.33 bits per heavy atom. The molecule has 0 aromatic carbocycles. The first-order valence-electron chi connectivity index (χ1n) is 3.47. The Kier molecular flexibility index (Phi) is 3.92. The van der Waals surface area contributed by atoms with Crippen LogP contribution < -0.4 is 5.73 Å². The number of hydrogen-bond acceptors (Lipinski definition) is 6. The zero-order valence-electron chi connectivity index (χ0n) is 6.82.